The van der Waals surface area contributed by atoms with E-state index in [1.165, 1.54) is 23.1 Å². The molecule has 0 radical (unpaired) electrons. The zero-order valence-electron chi connectivity index (χ0n) is 22.2. The molecule has 0 unspecified atom stereocenters. The molecule has 2 heterocycles. The van der Waals surface area contributed by atoms with Gasteiger partial charge < -0.3 is 14.8 Å². The smallest absolute Gasteiger partial charge is 0.341 e. The highest BCUT2D eigenvalue weighted by molar-refractivity contribution is 7.99. The summed E-state index contributed by atoms with van der Waals surface area (Å²) in [6.07, 6.45) is 1.26. The predicted octanol–water partition coefficient (Wildman–Crippen LogP) is 7.17. The molecular formula is C28H28Cl2N4O4S2. The Morgan fingerprint density at radius 2 is 1.88 bits per heavy atom. The van der Waals surface area contributed by atoms with E-state index < -0.39 is 5.97 Å². The average molecular weight is 620 g/mol. The lowest BCUT2D eigenvalue weighted by molar-refractivity contribution is -0.113. The summed E-state index contributed by atoms with van der Waals surface area (Å²) in [5, 5.41) is 13.7. The van der Waals surface area contributed by atoms with Crippen molar-refractivity contribution in [1.29, 1.82) is 0 Å². The third-order valence-electron chi connectivity index (χ3n) is 5.86. The third-order valence-corrected chi connectivity index (χ3v) is 8.44. The number of hydrogen-bond acceptors (Lipinski definition) is 8. The Balaban J connectivity index is 1.43. The van der Waals surface area contributed by atoms with E-state index in [1.54, 1.807) is 25.1 Å². The number of benzene rings is 2. The van der Waals surface area contributed by atoms with Gasteiger partial charge in [-0.3, -0.25) is 9.36 Å². The van der Waals surface area contributed by atoms with Crippen molar-refractivity contribution in [3.05, 3.63) is 80.4 Å². The fourth-order valence-electron chi connectivity index (χ4n) is 3.85. The molecule has 40 heavy (non-hydrogen) atoms. The molecule has 2 aromatic carbocycles. The fourth-order valence-corrected chi connectivity index (χ4v) is 6.15. The first-order chi connectivity index (χ1) is 19.3. The van der Waals surface area contributed by atoms with Gasteiger partial charge in [0.1, 0.15) is 16.6 Å². The summed E-state index contributed by atoms with van der Waals surface area (Å²) in [6, 6.07) is 14.8. The molecule has 4 rings (SSSR count). The van der Waals surface area contributed by atoms with Crippen LogP contribution in [-0.4, -0.2) is 45.6 Å². The number of rotatable bonds is 12. The van der Waals surface area contributed by atoms with Crippen molar-refractivity contribution in [3.8, 4) is 11.4 Å². The Kier molecular flexibility index (Phi) is 10.5. The molecule has 0 atom stereocenters. The van der Waals surface area contributed by atoms with Gasteiger partial charge in [0.15, 0.2) is 5.16 Å². The van der Waals surface area contributed by atoms with Crippen LogP contribution in [0, 0.1) is 13.8 Å². The topological polar surface area (TPSA) is 95.3 Å². The number of ether oxygens (including phenoxy) is 2. The number of anilines is 1. The van der Waals surface area contributed by atoms with E-state index >= 15 is 0 Å². The van der Waals surface area contributed by atoms with E-state index in [0.29, 0.717) is 51.0 Å². The van der Waals surface area contributed by atoms with Gasteiger partial charge in [-0.2, -0.15) is 0 Å². The second-order valence-corrected chi connectivity index (χ2v) is 11.7. The number of thiophene rings is 1. The van der Waals surface area contributed by atoms with Gasteiger partial charge in [0.25, 0.3) is 0 Å². The van der Waals surface area contributed by atoms with Crippen molar-refractivity contribution in [2.75, 3.05) is 24.3 Å². The molecule has 0 aliphatic carbocycles. The standard InChI is InChI=1S/C28H28Cl2N4O4S2/c1-4-37-27(36)25-17(2)18(3)40-26(25)31-24(35)16-39-28-33-32-23(34(28)20-9-6-5-7-10-20)11-8-14-38-22-13-12-19(29)15-21(22)30/h5-7,9-10,12-13,15H,4,8,11,14,16H2,1-3H3,(H,31,35). The maximum Gasteiger partial charge on any atom is 0.341 e. The number of hydrogen-bond donors (Lipinski definition) is 1. The molecule has 0 bridgehead atoms. The Labute approximate surface area is 251 Å². The van der Waals surface area contributed by atoms with E-state index in [-0.39, 0.29) is 18.3 Å². The lowest BCUT2D eigenvalue weighted by Crippen LogP contribution is -2.17. The number of esters is 1. The number of halogens is 2. The van der Waals surface area contributed by atoms with E-state index in [0.717, 1.165) is 22.0 Å². The number of thioether (sulfide) groups is 1. The molecule has 0 saturated heterocycles. The van der Waals surface area contributed by atoms with Crippen LogP contribution in [-0.2, 0) is 16.0 Å². The monoisotopic (exact) mass is 618 g/mol. The molecule has 0 spiro atoms. The van der Waals surface area contributed by atoms with Crippen LogP contribution in [0.1, 0.15) is 40.0 Å². The van der Waals surface area contributed by atoms with E-state index in [4.69, 9.17) is 32.7 Å². The number of aryl methyl sites for hydroxylation is 2. The van der Waals surface area contributed by atoms with Gasteiger partial charge in [-0.15, -0.1) is 21.5 Å². The van der Waals surface area contributed by atoms with Crippen molar-refractivity contribution in [1.82, 2.24) is 14.8 Å². The molecular weight excluding hydrogens is 591 g/mol. The van der Waals surface area contributed by atoms with Crippen LogP contribution in [0.15, 0.2) is 53.7 Å². The maximum absolute atomic E-state index is 12.9. The van der Waals surface area contributed by atoms with Crippen LogP contribution in [0.2, 0.25) is 10.0 Å². The Morgan fingerprint density at radius 1 is 1.10 bits per heavy atom. The number of carbonyl (C=O) groups is 2. The van der Waals surface area contributed by atoms with Crippen molar-refractivity contribution >= 4 is 63.2 Å². The Bertz CT molecular complexity index is 1490. The quantitative estimate of drug-likeness (QED) is 0.102. The van der Waals surface area contributed by atoms with Gasteiger partial charge in [0.2, 0.25) is 5.91 Å². The minimum absolute atomic E-state index is 0.0847. The molecule has 0 fully saturated rings. The summed E-state index contributed by atoms with van der Waals surface area (Å²) < 4.78 is 12.9. The number of amides is 1. The maximum atomic E-state index is 12.9. The fraction of sp³-hybridized carbons (Fsp3) is 0.286. The lowest BCUT2D eigenvalue weighted by atomic mass is 10.1. The molecule has 12 heteroatoms. The van der Waals surface area contributed by atoms with Crippen molar-refractivity contribution in [3.63, 3.8) is 0 Å². The van der Waals surface area contributed by atoms with Crippen LogP contribution in [0.4, 0.5) is 5.00 Å². The molecule has 1 N–H and O–H groups in total. The van der Waals surface area contributed by atoms with Crippen LogP contribution < -0.4 is 10.1 Å². The highest BCUT2D eigenvalue weighted by Crippen LogP contribution is 2.33. The Hall–Kier alpha value is -3.05. The molecule has 0 aliphatic rings. The number of carbonyl (C=O) groups excluding carboxylic acids is 2. The van der Waals surface area contributed by atoms with Gasteiger partial charge in [-0.05, 0) is 63.1 Å². The van der Waals surface area contributed by atoms with E-state index in [9.17, 15) is 9.59 Å². The number of para-hydroxylation sites is 1. The van der Waals surface area contributed by atoms with Gasteiger partial charge in [-0.1, -0.05) is 53.2 Å². The molecule has 4 aromatic rings. The largest absolute Gasteiger partial charge is 0.492 e. The highest BCUT2D eigenvalue weighted by atomic mass is 35.5. The lowest BCUT2D eigenvalue weighted by Gasteiger charge is -2.11. The molecule has 0 aliphatic heterocycles. The van der Waals surface area contributed by atoms with E-state index in [1.807, 2.05) is 48.7 Å². The van der Waals surface area contributed by atoms with Crippen LogP contribution in [0.25, 0.3) is 5.69 Å². The molecule has 0 saturated carbocycles. The van der Waals surface area contributed by atoms with Crippen molar-refractivity contribution in [2.24, 2.45) is 0 Å². The highest BCUT2D eigenvalue weighted by Gasteiger charge is 2.23. The first-order valence-electron chi connectivity index (χ1n) is 12.6. The molecule has 8 nitrogen and oxygen atoms in total. The zero-order chi connectivity index (χ0) is 28.6. The zero-order valence-corrected chi connectivity index (χ0v) is 25.3. The van der Waals surface area contributed by atoms with Gasteiger partial charge in [-0.25, -0.2) is 4.79 Å². The molecule has 210 valence electrons. The van der Waals surface area contributed by atoms with Gasteiger partial charge in [0.05, 0.1) is 29.6 Å². The summed E-state index contributed by atoms with van der Waals surface area (Å²) in [7, 11) is 0. The minimum Gasteiger partial charge on any atom is -0.492 e. The summed E-state index contributed by atoms with van der Waals surface area (Å²) in [6.45, 7) is 6.19. The van der Waals surface area contributed by atoms with E-state index in [2.05, 4.69) is 15.5 Å². The normalized spacial score (nSPS) is 10.9. The van der Waals surface area contributed by atoms with Gasteiger partial charge in [0, 0.05) is 22.0 Å². The van der Waals surface area contributed by atoms with Gasteiger partial charge >= 0.3 is 5.97 Å². The summed E-state index contributed by atoms with van der Waals surface area (Å²) in [5.74, 6) is 0.702. The van der Waals surface area contributed by atoms with Crippen molar-refractivity contribution in [2.45, 2.75) is 38.8 Å². The number of nitrogens with zero attached hydrogens (tertiary/aromatic N) is 3. The first kappa shape index (κ1) is 29.9. The second-order valence-electron chi connectivity index (χ2n) is 8.64. The summed E-state index contributed by atoms with van der Waals surface area (Å²) >= 11 is 14.8. The molecule has 1 amide bonds. The first-order valence-corrected chi connectivity index (χ1v) is 15.1. The van der Waals surface area contributed by atoms with Crippen LogP contribution in [0.3, 0.4) is 0 Å². The number of aromatic nitrogens is 3. The minimum atomic E-state index is -0.442. The Morgan fingerprint density at radius 3 is 2.60 bits per heavy atom. The number of nitrogens with one attached hydrogen (secondary N) is 1. The van der Waals surface area contributed by atoms with Crippen LogP contribution >= 0.6 is 46.3 Å². The van der Waals surface area contributed by atoms with Crippen molar-refractivity contribution < 1.29 is 19.1 Å². The average Bonchev–Trinajstić information content (AvgIpc) is 3.46. The summed E-state index contributed by atoms with van der Waals surface area (Å²) in [4.78, 5) is 26.3. The predicted molar refractivity (Wildman–Crippen MR) is 161 cm³/mol. The molecule has 2 aromatic heterocycles. The third kappa shape index (κ3) is 7.37. The SMILES string of the molecule is CCOC(=O)c1c(NC(=O)CSc2nnc(CCCOc3ccc(Cl)cc3Cl)n2-c2ccccc2)sc(C)c1C. The summed E-state index contributed by atoms with van der Waals surface area (Å²) in [5.41, 5.74) is 2.10. The second kappa shape index (κ2) is 14.0. The van der Waals surface area contributed by atoms with Crippen LogP contribution in [0.5, 0.6) is 5.75 Å².